The van der Waals surface area contributed by atoms with Crippen LogP contribution >= 0.6 is 0 Å². The van der Waals surface area contributed by atoms with Crippen LogP contribution in [0, 0.1) is 35.5 Å². The normalized spacial score (nSPS) is 25.4. The topological polar surface area (TPSA) is 18.5 Å². The van der Waals surface area contributed by atoms with E-state index >= 15 is 0 Å². The van der Waals surface area contributed by atoms with Gasteiger partial charge in [0.1, 0.15) is 11.5 Å². The number of rotatable bonds is 11. The number of hydrogen-bond donors (Lipinski definition) is 0. The van der Waals surface area contributed by atoms with Crippen LogP contribution in [0.15, 0.2) is 36.4 Å². The summed E-state index contributed by atoms with van der Waals surface area (Å²) in [7, 11) is 0. The van der Waals surface area contributed by atoms with Crippen LogP contribution in [0.25, 0.3) is 0 Å². The summed E-state index contributed by atoms with van der Waals surface area (Å²) in [5, 5.41) is 0. The lowest BCUT2D eigenvalue weighted by Gasteiger charge is -2.26. The first-order chi connectivity index (χ1) is 16.3. The van der Waals surface area contributed by atoms with Gasteiger partial charge in [-0.25, -0.2) is 0 Å². The quantitative estimate of drug-likeness (QED) is 0.248. The van der Waals surface area contributed by atoms with Crippen molar-refractivity contribution in [2.24, 2.45) is 23.7 Å². The first kappa shape index (κ1) is 25.7. The standard InChI is InChI=1S/C31H46O2/c1-3-5-6-9-26-12-14-27(15-13-26)10-7-8-11-28-16-18-29(19-17-28)25-33-31-22-20-30(21-23-31)32-24-4-2/h7,10,20-23,26-29H,3-6,9,12-19,24-25H2,1-2H3/b10-7+. The fourth-order valence-electron chi connectivity index (χ4n) is 5.24. The second kappa shape index (κ2) is 15.1. The first-order valence-electron chi connectivity index (χ1n) is 13.8. The van der Waals surface area contributed by atoms with E-state index in [1.54, 1.807) is 0 Å². The summed E-state index contributed by atoms with van der Waals surface area (Å²) in [5.74, 6) is 11.7. The molecule has 0 amide bonds. The average Bonchev–Trinajstić information content (AvgIpc) is 2.86. The van der Waals surface area contributed by atoms with E-state index in [1.807, 2.05) is 24.3 Å². The summed E-state index contributed by atoms with van der Waals surface area (Å²) in [5.41, 5.74) is 0. The van der Waals surface area contributed by atoms with Crippen molar-refractivity contribution >= 4 is 0 Å². The van der Waals surface area contributed by atoms with E-state index in [2.05, 4.69) is 37.8 Å². The van der Waals surface area contributed by atoms with Crippen molar-refractivity contribution in [1.29, 1.82) is 0 Å². The highest BCUT2D eigenvalue weighted by atomic mass is 16.5. The maximum Gasteiger partial charge on any atom is 0.119 e. The van der Waals surface area contributed by atoms with Crippen LogP contribution in [0.4, 0.5) is 0 Å². The SMILES string of the molecule is CCCCCC1CCC(/C=C/C#CC2CCC(COc3ccc(OCCC)cc3)CC2)CC1. The number of unbranched alkanes of at least 4 members (excludes halogenated alkanes) is 2. The fourth-order valence-corrected chi connectivity index (χ4v) is 5.24. The van der Waals surface area contributed by atoms with E-state index in [0.717, 1.165) is 43.0 Å². The Morgan fingerprint density at radius 2 is 1.45 bits per heavy atom. The Morgan fingerprint density at radius 3 is 2.12 bits per heavy atom. The molecule has 0 atom stereocenters. The van der Waals surface area contributed by atoms with Gasteiger partial charge in [-0.15, -0.1) is 0 Å². The molecule has 2 fully saturated rings. The van der Waals surface area contributed by atoms with Crippen LogP contribution in [0.5, 0.6) is 11.5 Å². The summed E-state index contributed by atoms with van der Waals surface area (Å²) < 4.78 is 11.7. The molecular formula is C31H46O2. The van der Waals surface area contributed by atoms with E-state index in [-0.39, 0.29) is 0 Å². The molecular weight excluding hydrogens is 404 g/mol. The van der Waals surface area contributed by atoms with Crippen molar-refractivity contribution < 1.29 is 9.47 Å². The van der Waals surface area contributed by atoms with Gasteiger partial charge >= 0.3 is 0 Å². The number of ether oxygens (including phenoxy) is 2. The molecule has 182 valence electrons. The van der Waals surface area contributed by atoms with Crippen LogP contribution in [0.1, 0.15) is 97.3 Å². The number of benzene rings is 1. The van der Waals surface area contributed by atoms with Gasteiger partial charge in [0.2, 0.25) is 0 Å². The Hall–Kier alpha value is -1.88. The van der Waals surface area contributed by atoms with Gasteiger partial charge in [-0.1, -0.05) is 57.4 Å². The fraction of sp³-hybridized carbons (Fsp3) is 0.677. The van der Waals surface area contributed by atoms with Crippen LogP contribution in [0.2, 0.25) is 0 Å². The summed E-state index contributed by atoms with van der Waals surface area (Å²) in [4.78, 5) is 0. The molecule has 0 heterocycles. The highest BCUT2D eigenvalue weighted by Crippen LogP contribution is 2.33. The summed E-state index contributed by atoms with van der Waals surface area (Å²) in [6.07, 6.45) is 21.7. The minimum absolute atomic E-state index is 0.565. The maximum absolute atomic E-state index is 6.04. The Labute approximate surface area is 203 Å². The molecule has 0 spiro atoms. The molecule has 2 aliphatic rings. The Bertz CT molecular complexity index is 722. The summed E-state index contributed by atoms with van der Waals surface area (Å²) >= 11 is 0. The smallest absolute Gasteiger partial charge is 0.119 e. The van der Waals surface area contributed by atoms with Crippen molar-refractivity contribution in [3.05, 3.63) is 36.4 Å². The van der Waals surface area contributed by atoms with Crippen LogP contribution in [-0.4, -0.2) is 13.2 Å². The van der Waals surface area contributed by atoms with Gasteiger partial charge in [0.05, 0.1) is 13.2 Å². The van der Waals surface area contributed by atoms with Gasteiger partial charge in [-0.2, -0.15) is 0 Å². The summed E-state index contributed by atoms with van der Waals surface area (Å²) in [6.45, 7) is 6.00. The van der Waals surface area contributed by atoms with E-state index in [9.17, 15) is 0 Å². The third-order valence-corrected chi connectivity index (χ3v) is 7.48. The molecule has 0 aromatic heterocycles. The molecule has 2 saturated carbocycles. The van der Waals surface area contributed by atoms with E-state index in [1.165, 1.54) is 77.0 Å². The van der Waals surface area contributed by atoms with Gasteiger partial charge < -0.3 is 9.47 Å². The van der Waals surface area contributed by atoms with E-state index in [0.29, 0.717) is 11.8 Å². The van der Waals surface area contributed by atoms with Crippen LogP contribution in [-0.2, 0) is 0 Å². The van der Waals surface area contributed by atoms with Gasteiger partial charge in [0.15, 0.2) is 0 Å². The van der Waals surface area contributed by atoms with Gasteiger partial charge in [-0.3, -0.25) is 0 Å². The predicted molar refractivity (Wildman–Crippen MR) is 140 cm³/mol. The second-order valence-electron chi connectivity index (χ2n) is 10.3. The van der Waals surface area contributed by atoms with Crippen LogP contribution in [0.3, 0.4) is 0 Å². The Kier molecular flexibility index (Phi) is 11.8. The highest BCUT2D eigenvalue weighted by Gasteiger charge is 2.21. The Morgan fingerprint density at radius 1 is 0.788 bits per heavy atom. The molecule has 0 bridgehead atoms. The molecule has 2 heteroatoms. The molecule has 0 radical (unpaired) electrons. The first-order valence-corrected chi connectivity index (χ1v) is 13.8. The molecule has 33 heavy (non-hydrogen) atoms. The molecule has 0 N–H and O–H groups in total. The predicted octanol–water partition coefficient (Wildman–Crippen LogP) is 8.61. The molecule has 3 rings (SSSR count). The van der Waals surface area contributed by atoms with Gasteiger partial charge in [0.25, 0.3) is 0 Å². The molecule has 1 aromatic carbocycles. The van der Waals surface area contributed by atoms with Crippen molar-refractivity contribution in [3.63, 3.8) is 0 Å². The lowest BCUT2D eigenvalue weighted by atomic mass is 9.79. The molecule has 0 unspecified atom stereocenters. The molecule has 0 aliphatic heterocycles. The van der Waals surface area contributed by atoms with E-state index in [4.69, 9.17) is 9.47 Å². The maximum atomic E-state index is 6.04. The largest absolute Gasteiger partial charge is 0.494 e. The lowest BCUT2D eigenvalue weighted by molar-refractivity contribution is 0.196. The third-order valence-electron chi connectivity index (χ3n) is 7.48. The second-order valence-corrected chi connectivity index (χ2v) is 10.3. The molecule has 2 nitrogen and oxygen atoms in total. The zero-order valence-electron chi connectivity index (χ0n) is 21.2. The minimum atomic E-state index is 0.565. The van der Waals surface area contributed by atoms with E-state index < -0.39 is 0 Å². The van der Waals surface area contributed by atoms with Crippen LogP contribution < -0.4 is 9.47 Å². The van der Waals surface area contributed by atoms with Crippen molar-refractivity contribution in [1.82, 2.24) is 0 Å². The number of allylic oxidation sites excluding steroid dienone is 2. The average molecular weight is 451 g/mol. The lowest BCUT2D eigenvalue weighted by Crippen LogP contribution is -2.19. The minimum Gasteiger partial charge on any atom is -0.494 e. The summed E-state index contributed by atoms with van der Waals surface area (Å²) in [6, 6.07) is 8.05. The molecule has 1 aromatic rings. The van der Waals surface area contributed by atoms with Crippen molar-refractivity contribution in [2.75, 3.05) is 13.2 Å². The molecule has 0 saturated heterocycles. The zero-order chi connectivity index (χ0) is 23.1. The van der Waals surface area contributed by atoms with Gasteiger partial charge in [0, 0.05) is 5.92 Å². The Balaban J connectivity index is 1.28. The highest BCUT2D eigenvalue weighted by molar-refractivity contribution is 5.31. The monoisotopic (exact) mass is 450 g/mol. The number of hydrogen-bond acceptors (Lipinski definition) is 2. The molecule has 2 aliphatic carbocycles. The van der Waals surface area contributed by atoms with Crippen molar-refractivity contribution in [3.8, 4) is 23.3 Å². The van der Waals surface area contributed by atoms with Crippen molar-refractivity contribution in [2.45, 2.75) is 97.3 Å². The zero-order valence-corrected chi connectivity index (χ0v) is 21.2. The van der Waals surface area contributed by atoms with Gasteiger partial charge in [-0.05, 0) is 106 Å². The third kappa shape index (κ3) is 9.87.